The molecule has 3 aromatic rings. The van der Waals surface area contributed by atoms with Gasteiger partial charge in [-0.3, -0.25) is 0 Å². The molecule has 1 heterocycles. The van der Waals surface area contributed by atoms with Crippen molar-refractivity contribution in [3.05, 3.63) is 72.3 Å². The fraction of sp³-hybridized carbons (Fsp3) is 0.238. The van der Waals surface area contributed by atoms with Crippen molar-refractivity contribution in [2.45, 2.75) is 24.1 Å². The van der Waals surface area contributed by atoms with E-state index in [1.54, 1.807) is 0 Å². The molecule has 0 fully saturated rings. The summed E-state index contributed by atoms with van der Waals surface area (Å²) in [7, 11) is 0. The molecular weight excluding hydrogens is 347 g/mol. The minimum atomic E-state index is 0.132. The van der Waals surface area contributed by atoms with Gasteiger partial charge in [0.05, 0.1) is 0 Å². The predicted molar refractivity (Wildman–Crippen MR) is 98.0 cm³/mol. The Labute approximate surface area is 143 Å². The zero-order valence-corrected chi connectivity index (χ0v) is 15.2. The Morgan fingerprint density at radius 3 is 2.30 bits per heavy atom. The Morgan fingerprint density at radius 2 is 1.57 bits per heavy atom. The van der Waals surface area contributed by atoms with Gasteiger partial charge in [-0.2, -0.15) is 0 Å². The molecule has 0 saturated heterocycles. The number of hydrogen-bond acceptors (Lipinski definition) is 1. The maximum atomic E-state index is 6.17. The third-order valence-corrected chi connectivity index (χ3v) is 8.02. The van der Waals surface area contributed by atoms with E-state index in [0.717, 1.165) is 12.4 Å². The van der Waals surface area contributed by atoms with E-state index in [4.69, 9.17) is 4.74 Å². The summed E-state index contributed by atoms with van der Waals surface area (Å²) in [5.41, 5.74) is 1.48. The van der Waals surface area contributed by atoms with Crippen LogP contribution in [0.25, 0.3) is 10.8 Å². The first kappa shape index (κ1) is 14.8. The van der Waals surface area contributed by atoms with Crippen molar-refractivity contribution in [3.8, 4) is 5.75 Å². The molecule has 23 heavy (non-hydrogen) atoms. The van der Waals surface area contributed by atoms with Gasteiger partial charge in [-0.05, 0) is 0 Å². The Balaban J connectivity index is 1.74. The fourth-order valence-corrected chi connectivity index (χ4v) is 5.75. The van der Waals surface area contributed by atoms with Gasteiger partial charge in [0.15, 0.2) is 0 Å². The second kappa shape index (κ2) is 5.70. The first-order valence-corrected chi connectivity index (χ1v) is 9.87. The Kier molecular flexibility index (Phi) is 3.67. The van der Waals surface area contributed by atoms with Crippen LogP contribution in [0.2, 0.25) is 4.82 Å². The molecular formula is C21H20OSe. The Hall–Kier alpha value is -1.76. The summed E-state index contributed by atoms with van der Waals surface area (Å²) in [6.07, 6.45) is 0. The molecule has 0 radical (unpaired) electrons. The van der Waals surface area contributed by atoms with E-state index >= 15 is 0 Å². The van der Waals surface area contributed by atoms with Gasteiger partial charge in [-0.25, -0.2) is 0 Å². The van der Waals surface area contributed by atoms with Crippen molar-refractivity contribution >= 4 is 30.2 Å². The fourth-order valence-electron chi connectivity index (χ4n) is 3.23. The zero-order valence-electron chi connectivity index (χ0n) is 13.5. The summed E-state index contributed by atoms with van der Waals surface area (Å²) in [6, 6.07) is 23.9. The van der Waals surface area contributed by atoms with Crippen LogP contribution in [0, 0.1) is 0 Å². The average Bonchev–Trinajstić information content (AvgIpc) is 2.57. The van der Waals surface area contributed by atoms with Gasteiger partial charge < -0.3 is 0 Å². The van der Waals surface area contributed by atoms with Gasteiger partial charge in [-0.15, -0.1) is 0 Å². The minimum absolute atomic E-state index is 0.132. The van der Waals surface area contributed by atoms with E-state index in [2.05, 4.69) is 80.6 Å². The number of rotatable bonds is 2. The summed E-state index contributed by atoms with van der Waals surface area (Å²) < 4.78 is 7.62. The Morgan fingerprint density at radius 1 is 0.913 bits per heavy atom. The molecule has 1 aliphatic rings. The standard InChI is InChI=1S/C21H20OSe/c1-21(2)18-12-15-8-6-7-9-16(15)13-19(18)22-14-20(21)23-17-10-4-3-5-11-17/h3-13,20H,14H2,1-2H3/t20-/m0/s1. The van der Waals surface area contributed by atoms with Gasteiger partial charge in [0.25, 0.3) is 0 Å². The van der Waals surface area contributed by atoms with Crippen LogP contribution >= 0.6 is 0 Å². The van der Waals surface area contributed by atoms with Crippen molar-refractivity contribution in [2.24, 2.45) is 0 Å². The molecule has 4 rings (SSSR count). The Bertz CT molecular complexity index is 839. The summed E-state index contributed by atoms with van der Waals surface area (Å²) in [5, 5.41) is 2.56. The molecule has 0 N–H and O–H groups in total. The molecule has 3 aromatic carbocycles. The maximum absolute atomic E-state index is 6.17. The van der Waals surface area contributed by atoms with Gasteiger partial charge in [0, 0.05) is 0 Å². The first-order chi connectivity index (χ1) is 11.1. The van der Waals surface area contributed by atoms with Crippen LogP contribution in [0.15, 0.2) is 66.7 Å². The van der Waals surface area contributed by atoms with Gasteiger partial charge >= 0.3 is 144 Å². The summed E-state index contributed by atoms with van der Waals surface area (Å²) in [5.74, 6) is 1.06. The van der Waals surface area contributed by atoms with E-state index in [1.165, 1.54) is 20.8 Å². The number of fused-ring (bicyclic) bond motifs is 2. The van der Waals surface area contributed by atoms with Crippen molar-refractivity contribution < 1.29 is 4.74 Å². The monoisotopic (exact) mass is 368 g/mol. The van der Waals surface area contributed by atoms with Crippen LogP contribution < -0.4 is 9.20 Å². The molecule has 1 atom stereocenters. The molecule has 0 spiro atoms. The molecule has 1 aliphatic heterocycles. The van der Waals surface area contributed by atoms with Crippen molar-refractivity contribution in [2.75, 3.05) is 6.61 Å². The van der Waals surface area contributed by atoms with Gasteiger partial charge in [-0.1, -0.05) is 0 Å². The molecule has 1 nitrogen and oxygen atoms in total. The van der Waals surface area contributed by atoms with Crippen molar-refractivity contribution in [1.29, 1.82) is 0 Å². The number of hydrogen-bond donors (Lipinski definition) is 0. The van der Waals surface area contributed by atoms with E-state index in [1.807, 2.05) is 0 Å². The van der Waals surface area contributed by atoms with E-state index < -0.39 is 0 Å². The van der Waals surface area contributed by atoms with E-state index in [9.17, 15) is 0 Å². The first-order valence-electron chi connectivity index (χ1n) is 8.02. The number of benzene rings is 3. The molecule has 0 amide bonds. The zero-order chi connectivity index (χ0) is 15.9. The van der Waals surface area contributed by atoms with Gasteiger partial charge in [0.1, 0.15) is 0 Å². The number of ether oxygens (including phenoxy) is 1. The van der Waals surface area contributed by atoms with Crippen LogP contribution in [0.1, 0.15) is 19.4 Å². The second-order valence-electron chi connectivity index (χ2n) is 6.65. The third kappa shape index (κ3) is 2.67. The molecule has 0 unspecified atom stereocenters. The normalized spacial score (nSPS) is 19.1. The van der Waals surface area contributed by atoms with Crippen LogP contribution in [-0.2, 0) is 5.41 Å². The molecule has 0 aliphatic carbocycles. The summed E-state index contributed by atoms with van der Waals surface area (Å²) in [4.78, 5) is 0.547. The topological polar surface area (TPSA) is 9.23 Å². The van der Waals surface area contributed by atoms with Crippen LogP contribution in [-0.4, -0.2) is 21.6 Å². The van der Waals surface area contributed by atoms with Crippen LogP contribution in [0.3, 0.4) is 0 Å². The second-order valence-corrected chi connectivity index (χ2v) is 9.33. The quantitative estimate of drug-likeness (QED) is 0.613. The average molecular weight is 367 g/mol. The van der Waals surface area contributed by atoms with Crippen molar-refractivity contribution in [3.63, 3.8) is 0 Å². The molecule has 0 aromatic heterocycles. The van der Waals surface area contributed by atoms with Crippen LogP contribution in [0.4, 0.5) is 0 Å². The molecule has 2 heteroatoms. The van der Waals surface area contributed by atoms with E-state index in [0.29, 0.717) is 19.8 Å². The summed E-state index contributed by atoms with van der Waals surface area (Å²) >= 11 is 0.411. The SMILES string of the molecule is CC1(C)c2cc3ccccc3cc2OC[C@@H]1[Se]c1ccccc1. The molecule has 0 bridgehead atoms. The van der Waals surface area contributed by atoms with Gasteiger partial charge in [0.2, 0.25) is 0 Å². The van der Waals surface area contributed by atoms with Crippen LogP contribution in [0.5, 0.6) is 5.75 Å². The predicted octanol–water partition coefficient (Wildman–Crippen LogP) is 4.33. The third-order valence-electron chi connectivity index (χ3n) is 4.76. The van der Waals surface area contributed by atoms with Crippen molar-refractivity contribution in [1.82, 2.24) is 0 Å². The molecule has 116 valence electrons. The summed E-state index contributed by atoms with van der Waals surface area (Å²) in [6.45, 7) is 5.56. The molecule has 0 saturated carbocycles. The van der Waals surface area contributed by atoms with E-state index in [-0.39, 0.29) is 5.41 Å².